The van der Waals surface area contributed by atoms with Crippen molar-refractivity contribution in [1.82, 2.24) is 14.9 Å². The lowest BCUT2D eigenvalue weighted by Gasteiger charge is -2.18. The minimum absolute atomic E-state index is 0.156. The van der Waals surface area contributed by atoms with Crippen LogP contribution in [0.2, 0.25) is 0 Å². The van der Waals surface area contributed by atoms with E-state index in [1.54, 1.807) is 6.33 Å². The van der Waals surface area contributed by atoms with Crippen molar-refractivity contribution in [2.45, 2.75) is 44.6 Å². The number of hydrogen-bond donors (Lipinski definition) is 1. The summed E-state index contributed by atoms with van der Waals surface area (Å²) in [6.45, 7) is 1.60. The Morgan fingerprint density at radius 3 is 2.92 bits per heavy atom. The van der Waals surface area contributed by atoms with E-state index in [2.05, 4.69) is 39.6 Å². The van der Waals surface area contributed by atoms with Gasteiger partial charge in [-0.15, -0.1) is 0 Å². The molecule has 5 nitrogen and oxygen atoms in total. The van der Waals surface area contributed by atoms with Crippen molar-refractivity contribution in [2.24, 2.45) is 0 Å². The van der Waals surface area contributed by atoms with Gasteiger partial charge in [0.15, 0.2) is 0 Å². The van der Waals surface area contributed by atoms with E-state index < -0.39 is 0 Å². The van der Waals surface area contributed by atoms with Crippen LogP contribution in [0.1, 0.15) is 36.1 Å². The molecule has 0 bridgehead atoms. The summed E-state index contributed by atoms with van der Waals surface area (Å²) in [4.78, 5) is 23.1. The number of fused-ring (bicyclic) bond motifs is 1. The van der Waals surface area contributed by atoms with E-state index in [9.17, 15) is 4.79 Å². The highest BCUT2D eigenvalue weighted by atomic mass is 16.2. The molecule has 1 fully saturated rings. The van der Waals surface area contributed by atoms with Gasteiger partial charge in [0.1, 0.15) is 12.1 Å². The Morgan fingerprint density at radius 1 is 1.16 bits per heavy atom. The minimum atomic E-state index is 0.156. The molecule has 1 aromatic heterocycles. The molecule has 0 unspecified atom stereocenters. The third-order valence-corrected chi connectivity index (χ3v) is 5.17. The van der Waals surface area contributed by atoms with Crippen LogP contribution < -0.4 is 5.32 Å². The van der Waals surface area contributed by atoms with Gasteiger partial charge in [-0.3, -0.25) is 4.79 Å². The Labute approximate surface area is 148 Å². The molecular formula is C20H24N4O. The van der Waals surface area contributed by atoms with Gasteiger partial charge in [0.05, 0.1) is 6.04 Å². The van der Waals surface area contributed by atoms with Gasteiger partial charge in [-0.05, 0) is 37.7 Å². The van der Waals surface area contributed by atoms with Crippen molar-refractivity contribution in [1.29, 1.82) is 0 Å². The highest BCUT2D eigenvalue weighted by molar-refractivity contribution is 5.80. The summed E-state index contributed by atoms with van der Waals surface area (Å²) >= 11 is 0. The lowest BCUT2D eigenvalue weighted by Crippen LogP contribution is -2.29. The number of nitrogens with zero attached hydrogens (tertiary/aromatic N) is 3. The highest BCUT2D eigenvalue weighted by Gasteiger charge is 2.30. The van der Waals surface area contributed by atoms with Gasteiger partial charge < -0.3 is 10.2 Å². The summed E-state index contributed by atoms with van der Waals surface area (Å²) in [6.07, 6.45) is 7.46. The SMILES string of the molecule is O=C1C[C@@H](Nc2ncnc3c2CCC3)CN1CCCc1ccccc1. The van der Waals surface area contributed by atoms with Gasteiger partial charge in [-0.2, -0.15) is 0 Å². The van der Waals surface area contributed by atoms with E-state index in [0.29, 0.717) is 6.42 Å². The third-order valence-electron chi connectivity index (χ3n) is 5.17. The lowest BCUT2D eigenvalue weighted by molar-refractivity contribution is -0.127. The molecule has 0 radical (unpaired) electrons. The van der Waals surface area contributed by atoms with Gasteiger partial charge in [-0.1, -0.05) is 30.3 Å². The lowest BCUT2D eigenvalue weighted by atomic mass is 10.1. The van der Waals surface area contributed by atoms with E-state index in [4.69, 9.17) is 0 Å². The largest absolute Gasteiger partial charge is 0.365 e. The number of likely N-dealkylation sites (tertiary alicyclic amines) is 1. The minimum Gasteiger partial charge on any atom is -0.365 e. The molecule has 5 heteroatoms. The first-order chi connectivity index (χ1) is 12.3. The molecule has 25 heavy (non-hydrogen) atoms. The fourth-order valence-electron chi connectivity index (χ4n) is 3.88. The number of amides is 1. The van der Waals surface area contributed by atoms with E-state index >= 15 is 0 Å². The van der Waals surface area contributed by atoms with Crippen molar-refractivity contribution in [3.05, 3.63) is 53.5 Å². The summed E-state index contributed by atoms with van der Waals surface area (Å²) in [6, 6.07) is 10.6. The molecule has 4 rings (SSSR count). The second-order valence-corrected chi connectivity index (χ2v) is 6.98. The zero-order valence-electron chi connectivity index (χ0n) is 14.4. The Kier molecular flexibility index (Phi) is 4.63. The van der Waals surface area contributed by atoms with Crippen molar-refractivity contribution in [3.63, 3.8) is 0 Å². The number of aryl methyl sites for hydroxylation is 2. The van der Waals surface area contributed by atoms with Crippen molar-refractivity contribution < 1.29 is 4.79 Å². The van der Waals surface area contributed by atoms with Crippen LogP contribution in [0.15, 0.2) is 36.7 Å². The average Bonchev–Trinajstić information content (AvgIpc) is 3.23. The van der Waals surface area contributed by atoms with Crippen LogP contribution in [-0.4, -0.2) is 39.9 Å². The first kappa shape index (κ1) is 16.1. The average molecular weight is 336 g/mol. The van der Waals surface area contributed by atoms with Crippen LogP contribution in [0.3, 0.4) is 0 Å². The fourth-order valence-corrected chi connectivity index (χ4v) is 3.88. The van der Waals surface area contributed by atoms with E-state index in [0.717, 1.165) is 51.0 Å². The molecule has 1 aliphatic carbocycles. The summed E-state index contributed by atoms with van der Waals surface area (Å²) in [5.41, 5.74) is 3.75. The topological polar surface area (TPSA) is 58.1 Å². The number of hydrogen-bond acceptors (Lipinski definition) is 4. The van der Waals surface area contributed by atoms with E-state index in [1.807, 2.05) is 11.0 Å². The molecule has 1 atom stereocenters. The van der Waals surface area contributed by atoms with Crippen molar-refractivity contribution >= 4 is 11.7 Å². The highest BCUT2D eigenvalue weighted by Crippen LogP contribution is 2.27. The zero-order chi connectivity index (χ0) is 17.1. The second-order valence-electron chi connectivity index (χ2n) is 6.98. The summed E-state index contributed by atoms with van der Waals surface area (Å²) in [5, 5.41) is 3.50. The Bertz CT molecular complexity index is 747. The van der Waals surface area contributed by atoms with Gasteiger partial charge >= 0.3 is 0 Å². The molecule has 0 saturated carbocycles. The molecule has 1 N–H and O–H groups in total. The summed E-state index contributed by atoms with van der Waals surface area (Å²) in [5.74, 6) is 1.18. The van der Waals surface area contributed by atoms with Crippen LogP contribution in [0.4, 0.5) is 5.82 Å². The van der Waals surface area contributed by atoms with Crippen LogP contribution in [0, 0.1) is 0 Å². The third kappa shape index (κ3) is 3.65. The maximum atomic E-state index is 12.3. The first-order valence-electron chi connectivity index (χ1n) is 9.20. The van der Waals surface area contributed by atoms with Gasteiger partial charge in [0.2, 0.25) is 5.91 Å². The van der Waals surface area contributed by atoms with Crippen molar-refractivity contribution in [3.8, 4) is 0 Å². The molecule has 1 amide bonds. The Morgan fingerprint density at radius 2 is 2.04 bits per heavy atom. The van der Waals surface area contributed by atoms with Gasteiger partial charge in [0.25, 0.3) is 0 Å². The summed E-state index contributed by atoms with van der Waals surface area (Å²) < 4.78 is 0. The van der Waals surface area contributed by atoms with Gasteiger partial charge in [0, 0.05) is 30.8 Å². The van der Waals surface area contributed by atoms with E-state index in [1.165, 1.54) is 16.8 Å². The number of nitrogens with one attached hydrogen (secondary N) is 1. The standard InChI is InChI=1S/C20H24N4O/c25-19-12-16(23-20-17-9-4-10-18(17)21-14-22-20)13-24(19)11-5-8-15-6-2-1-3-7-15/h1-3,6-7,14,16H,4-5,8-13H2,(H,21,22,23)/t16-/m1/s1. The van der Waals surface area contributed by atoms with E-state index in [-0.39, 0.29) is 11.9 Å². The predicted octanol–water partition coefficient (Wildman–Crippen LogP) is 2.61. The molecule has 0 spiro atoms. The number of aromatic nitrogens is 2. The number of carbonyl (C=O) groups excluding carboxylic acids is 1. The molecular weight excluding hydrogens is 312 g/mol. The Hall–Kier alpha value is -2.43. The van der Waals surface area contributed by atoms with Crippen LogP contribution in [-0.2, 0) is 24.1 Å². The summed E-state index contributed by atoms with van der Waals surface area (Å²) in [7, 11) is 0. The fraction of sp³-hybridized carbons (Fsp3) is 0.450. The van der Waals surface area contributed by atoms with Crippen LogP contribution in [0.25, 0.3) is 0 Å². The second kappa shape index (κ2) is 7.21. The molecule has 1 aromatic carbocycles. The molecule has 2 heterocycles. The van der Waals surface area contributed by atoms with Gasteiger partial charge in [-0.25, -0.2) is 9.97 Å². The molecule has 2 aliphatic rings. The molecule has 1 saturated heterocycles. The van der Waals surface area contributed by atoms with Crippen LogP contribution in [0.5, 0.6) is 0 Å². The normalized spacial score (nSPS) is 19.3. The number of anilines is 1. The van der Waals surface area contributed by atoms with Crippen LogP contribution >= 0.6 is 0 Å². The predicted molar refractivity (Wildman–Crippen MR) is 97.4 cm³/mol. The van der Waals surface area contributed by atoms with Crippen molar-refractivity contribution in [2.75, 3.05) is 18.4 Å². The molecule has 1 aliphatic heterocycles. The Balaban J connectivity index is 1.31. The smallest absolute Gasteiger partial charge is 0.224 e. The number of rotatable bonds is 6. The maximum absolute atomic E-state index is 12.3. The number of benzene rings is 1. The number of carbonyl (C=O) groups is 1. The monoisotopic (exact) mass is 336 g/mol. The molecule has 2 aromatic rings. The quantitative estimate of drug-likeness (QED) is 0.881. The molecule has 130 valence electrons. The zero-order valence-corrected chi connectivity index (χ0v) is 14.4. The first-order valence-corrected chi connectivity index (χ1v) is 9.20. The maximum Gasteiger partial charge on any atom is 0.224 e.